The second-order valence-corrected chi connectivity index (χ2v) is 4.22. The fourth-order valence-corrected chi connectivity index (χ4v) is 1.72. The molecule has 0 spiro atoms. The molecule has 2 nitrogen and oxygen atoms in total. The Balaban J connectivity index is 2.47. The summed E-state index contributed by atoms with van der Waals surface area (Å²) < 4.78 is 2.95. The molecule has 14 heavy (non-hydrogen) atoms. The van der Waals surface area contributed by atoms with Gasteiger partial charge in [-0.2, -0.15) is 5.10 Å². The fourth-order valence-electron chi connectivity index (χ4n) is 1.34. The molecule has 0 aliphatic heterocycles. The summed E-state index contributed by atoms with van der Waals surface area (Å²) in [4.78, 5) is 0. The standard InChI is InChI=1S/C11H11BrN2/c1-8-3-4-9(5-11(8)12)10-6-13-14(2)7-10/h3-7H,1-2H3. The predicted molar refractivity (Wildman–Crippen MR) is 61.1 cm³/mol. The first-order valence-electron chi connectivity index (χ1n) is 4.42. The Kier molecular flexibility index (Phi) is 2.42. The Labute approximate surface area is 91.7 Å². The van der Waals surface area contributed by atoms with E-state index in [9.17, 15) is 0 Å². The van der Waals surface area contributed by atoms with E-state index < -0.39 is 0 Å². The zero-order valence-corrected chi connectivity index (χ0v) is 9.75. The summed E-state index contributed by atoms with van der Waals surface area (Å²) in [5.41, 5.74) is 3.58. The van der Waals surface area contributed by atoms with Crippen molar-refractivity contribution in [2.45, 2.75) is 6.92 Å². The Morgan fingerprint density at radius 1 is 1.29 bits per heavy atom. The topological polar surface area (TPSA) is 17.8 Å². The molecule has 1 heterocycles. The predicted octanol–water partition coefficient (Wildman–Crippen LogP) is 3.16. The molecule has 0 aliphatic carbocycles. The molecular weight excluding hydrogens is 240 g/mol. The second kappa shape index (κ2) is 3.58. The van der Waals surface area contributed by atoms with E-state index in [2.05, 4.69) is 46.2 Å². The van der Waals surface area contributed by atoms with Gasteiger partial charge in [-0.05, 0) is 24.1 Å². The lowest BCUT2D eigenvalue weighted by Crippen LogP contribution is -1.84. The lowest BCUT2D eigenvalue weighted by Gasteiger charge is -2.01. The maximum absolute atomic E-state index is 4.15. The molecule has 0 radical (unpaired) electrons. The highest BCUT2D eigenvalue weighted by Crippen LogP contribution is 2.24. The molecule has 0 fully saturated rings. The van der Waals surface area contributed by atoms with Crippen LogP contribution in [0.15, 0.2) is 35.1 Å². The Bertz CT molecular complexity index is 460. The van der Waals surface area contributed by atoms with E-state index in [0.29, 0.717) is 0 Å². The van der Waals surface area contributed by atoms with Gasteiger partial charge in [0.2, 0.25) is 0 Å². The van der Waals surface area contributed by atoms with E-state index in [0.717, 1.165) is 10.0 Å². The van der Waals surface area contributed by atoms with Gasteiger partial charge in [0.1, 0.15) is 0 Å². The molecule has 2 rings (SSSR count). The zero-order valence-electron chi connectivity index (χ0n) is 8.16. The van der Waals surface area contributed by atoms with Crippen LogP contribution >= 0.6 is 15.9 Å². The molecule has 72 valence electrons. The van der Waals surface area contributed by atoms with Crippen LogP contribution in [0.4, 0.5) is 0 Å². The monoisotopic (exact) mass is 250 g/mol. The number of aromatic nitrogens is 2. The summed E-state index contributed by atoms with van der Waals surface area (Å²) >= 11 is 3.52. The average molecular weight is 251 g/mol. The van der Waals surface area contributed by atoms with Crippen molar-refractivity contribution in [2.24, 2.45) is 7.05 Å². The van der Waals surface area contributed by atoms with Crippen LogP contribution in [0.3, 0.4) is 0 Å². The van der Waals surface area contributed by atoms with Gasteiger partial charge in [0.15, 0.2) is 0 Å². The highest BCUT2D eigenvalue weighted by Gasteiger charge is 2.01. The highest BCUT2D eigenvalue weighted by atomic mass is 79.9. The maximum atomic E-state index is 4.15. The number of benzene rings is 1. The van der Waals surface area contributed by atoms with Gasteiger partial charge in [-0.15, -0.1) is 0 Å². The Morgan fingerprint density at radius 3 is 2.64 bits per heavy atom. The van der Waals surface area contributed by atoms with Crippen molar-refractivity contribution in [2.75, 3.05) is 0 Å². The molecule has 0 amide bonds. The summed E-state index contributed by atoms with van der Waals surface area (Å²) in [7, 11) is 1.92. The van der Waals surface area contributed by atoms with Crippen LogP contribution in [0.5, 0.6) is 0 Å². The van der Waals surface area contributed by atoms with Crippen LogP contribution in [0.2, 0.25) is 0 Å². The van der Waals surface area contributed by atoms with Gasteiger partial charge in [-0.25, -0.2) is 0 Å². The largest absolute Gasteiger partial charge is 0.275 e. The Morgan fingerprint density at radius 2 is 2.07 bits per heavy atom. The molecule has 0 unspecified atom stereocenters. The third-order valence-corrected chi connectivity index (χ3v) is 3.06. The van der Waals surface area contributed by atoms with Crippen molar-refractivity contribution >= 4 is 15.9 Å². The summed E-state index contributed by atoms with van der Waals surface area (Å²) in [6, 6.07) is 6.33. The summed E-state index contributed by atoms with van der Waals surface area (Å²) in [6.45, 7) is 2.08. The van der Waals surface area contributed by atoms with Crippen LogP contribution in [-0.2, 0) is 7.05 Å². The van der Waals surface area contributed by atoms with Gasteiger partial charge in [0, 0.05) is 23.3 Å². The summed E-state index contributed by atoms with van der Waals surface area (Å²) in [5, 5.41) is 4.15. The molecule has 1 aromatic carbocycles. The smallest absolute Gasteiger partial charge is 0.0568 e. The third kappa shape index (κ3) is 1.73. The van der Waals surface area contributed by atoms with E-state index in [4.69, 9.17) is 0 Å². The number of rotatable bonds is 1. The molecule has 0 saturated carbocycles. The van der Waals surface area contributed by atoms with E-state index in [1.807, 2.05) is 24.1 Å². The van der Waals surface area contributed by atoms with Crippen LogP contribution in [0, 0.1) is 6.92 Å². The second-order valence-electron chi connectivity index (χ2n) is 3.37. The normalized spacial score (nSPS) is 10.5. The molecule has 0 N–H and O–H groups in total. The van der Waals surface area contributed by atoms with Crippen molar-refractivity contribution in [3.63, 3.8) is 0 Å². The van der Waals surface area contributed by atoms with Gasteiger partial charge < -0.3 is 0 Å². The van der Waals surface area contributed by atoms with Gasteiger partial charge >= 0.3 is 0 Å². The zero-order chi connectivity index (χ0) is 10.1. The van der Waals surface area contributed by atoms with Gasteiger partial charge in [0.05, 0.1) is 6.20 Å². The van der Waals surface area contributed by atoms with Crippen molar-refractivity contribution in [1.29, 1.82) is 0 Å². The molecule has 3 heteroatoms. The number of aryl methyl sites for hydroxylation is 2. The first-order valence-corrected chi connectivity index (χ1v) is 5.21. The summed E-state index contributed by atoms with van der Waals surface area (Å²) in [6.07, 6.45) is 3.88. The number of hydrogen-bond donors (Lipinski definition) is 0. The van der Waals surface area contributed by atoms with Gasteiger partial charge in [-0.1, -0.05) is 28.1 Å². The lowest BCUT2D eigenvalue weighted by molar-refractivity contribution is 0.768. The average Bonchev–Trinajstić information content (AvgIpc) is 2.57. The maximum Gasteiger partial charge on any atom is 0.0568 e. The van der Waals surface area contributed by atoms with E-state index in [-0.39, 0.29) is 0 Å². The van der Waals surface area contributed by atoms with Crippen LogP contribution in [0.1, 0.15) is 5.56 Å². The number of halogens is 1. The lowest BCUT2D eigenvalue weighted by atomic mass is 10.1. The minimum absolute atomic E-state index is 1.14. The summed E-state index contributed by atoms with van der Waals surface area (Å²) in [5.74, 6) is 0. The first-order chi connectivity index (χ1) is 6.66. The van der Waals surface area contributed by atoms with Gasteiger partial charge in [0.25, 0.3) is 0 Å². The molecule has 0 atom stereocenters. The van der Waals surface area contributed by atoms with Crippen molar-refractivity contribution < 1.29 is 0 Å². The quantitative estimate of drug-likeness (QED) is 0.761. The van der Waals surface area contributed by atoms with Crippen molar-refractivity contribution in [3.8, 4) is 11.1 Å². The SMILES string of the molecule is Cc1ccc(-c2cnn(C)c2)cc1Br. The fraction of sp³-hybridized carbons (Fsp3) is 0.182. The molecule has 0 aliphatic rings. The van der Waals surface area contributed by atoms with Crippen LogP contribution < -0.4 is 0 Å². The number of nitrogens with zero attached hydrogens (tertiary/aromatic N) is 2. The molecular formula is C11H11BrN2. The van der Waals surface area contributed by atoms with Gasteiger partial charge in [-0.3, -0.25) is 4.68 Å². The van der Waals surface area contributed by atoms with E-state index in [1.54, 1.807) is 0 Å². The molecule has 1 aromatic heterocycles. The van der Waals surface area contributed by atoms with E-state index in [1.165, 1.54) is 11.1 Å². The molecule has 0 saturated heterocycles. The van der Waals surface area contributed by atoms with E-state index >= 15 is 0 Å². The van der Waals surface area contributed by atoms with Crippen LogP contribution in [-0.4, -0.2) is 9.78 Å². The minimum Gasteiger partial charge on any atom is -0.275 e. The van der Waals surface area contributed by atoms with Crippen molar-refractivity contribution in [1.82, 2.24) is 9.78 Å². The number of hydrogen-bond acceptors (Lipinski definition) is 1. The minimum atomic E-state index is 1.14. The highest BCUT2D eigenvalue weighted by molar-refractivity contribution is 9.10. The third-order valence-electron chi connectivity index (χ3n) is 2.21. The molecule has 2 aromatic rings. The van der Waals surface area contributed by atoms with Crippen molar-refractivity contribution in [3.05, 3.63) is 40.6 Å². The Hall–Kier alpha value is -1.09. The first kappa shape index (κ1) is 9.46. The molecule has 0 bridgehead atoms. The van der Waals surface area contributed by atoms with Crippen LogP contribution in [0.25, 0.3) is 11.1 Å².